The van der Waals surface area contributed by atoms with Gasteiger partial charge in [-0.05, 0) is 63.6 Å². The highest BCUT2D eigenvalue weighted by Gasteiger charge is 2.17. The fourth-order valence-corrected chi connectivity index (χ4v) is 3.87. The van der Waals surface area contributed by atoms with Crippen LogP contribution < -0.4 is 10.1 Å². The predicted octanol–water partition coefficient (Wildman–Crippen LogP) is 4.14. The number of aliphatic hydroxyl groups excluding tert-OH is 1. The maximum atomic E-state index is 11.2. The van der Waals surface area contributed by atoms with E-state index in [4.69, 9.17) is 14.2 Å². The van der Waals surface area contributed by atoms with Crippen molar-refractivity contribution in [3.63, 3.8) is 0 Å². The second kappa shape index (κ2) is 16.9. The van der Waals surface area contributed by atoms with E-state index in [1.165, 1.54) is 7.11 Å². The van der Waals surface area contributed by atoms with E-state index in [9.17, 15) is 9.90 Å². The number of para-hydroxylation sites is 1. The Hall–Kier alpha value is -1.67. The molecule has 1 aromatic carbocycles. The molecule has 0 saturated carbocycles. The zero-order valence-electron chi connectivity index (χ0n) is 20.4. The van der Waals surface area contributed by atoms with Gasteiger partial charge in [-0.15, -0.1) is 0 Å². The molecule has 0 radical (unpaired) electrons. The normalized spacial score (nSPS) is 18.0. The van der Waals surface area contributed by atoms with Crippen LogP contribution in [-0.4, -0.2) is 63.0 Å². The van der Waals surface area contributed by atoms with E-state index in [1.54, 1.807) is 0 Å². The largest absolute Gasteiger partial charge is 0.491 e. The van der Waals surface area contributed by atoms with E-state index in [1.807, 2.05) is 31.2 Å². The maximum Gasteiger partial charge on any atom is 0.305 e. The van der Waals surface area contributed by atoms with Crippen LogP contribution in [0, 0.1) is 6.92 Å². The lowest BCUT2D eigenvalue weighted by atomic mass is 10.1. The second-order valence-corrected chi connectivity index (χ2v) is 8.83. The highest BCUT2D eigenvalue weighted by Crippen LogP contribution is 2.17. The number of unbranched alkanes of at least 4 members (excludes halogenated alkanes) is 3. The van der Waals surface area contributed by atoms with Gasteiger partial charge in [0.05, 0.1) is 19.8 Å². The lowest BCUT2D eigenvalue weighted by molar-refractivity contribution is -0.166. The van der Waals surface area contributed by atoms with Gasteiger partial charge in [0.2, 0.25) is 0 Å². The molecule has 1 heterocycles. The van der Waals surface area contributed by atoms with Crippen molar-refractivity contribution in [3.8, 4) is 5.75 Å². The Morgan fingerprint density at radius 3 is 2.73 bits per heavy atom. The SMILES string of the molecule is COC(=O)CCCCCCC(COC1CCCCO1)NCCC(O)COc1ccccc1C. The standard InChI is InChI=1S/C26H43NO6/c1-21-11-7-8-13-24(21)32-20-23(28)16-17-27-22(19-33-26-15-9-10-18-31-26)12-5-3-4-6-14-25(29)30-2/h7-8,11,13,22-23,26-28H,3-6,9-10,12,14-20H2,1-2H3. The molecular formula is C26H43NO6. The smallest absolute Gasteiger partial charge is 0.305 e. The van der Waals surface area contributed by atoms with Gasteiger partial charge in [-0.3, -0.25) is 4.79 Å². The number of carbonyl (C=O) groups is 1. The first-order valence-corrected chi connectivity index (χ1v) is 12.5. The minimum absolute atomic E-state index is 0.101. The molecule has 0 spiro atoms. The van der Waals surface area contributed by atoms with Crippen LogP contribution in [-0.2, 0) is 19.0 Å². The Morgan fingerprint density at radius 1 is 1.15 bits per heavy atom. The number of hydrogen-bond donors (Lipinski definition) is 2. The molecule has 1 saturated heterocycles. The summed E-state index contributed by atoms with van der Waals surface area (Å²) in [6, 6.07) is 8.04. The van der Waals surface area contributed by atoms with E-state index >= 15 is 0 Å². The van der Waals surface area contributed by atoms with Crippen molar-refractivity contribution >= 4 is 5.97 Å². The summed E-state index contributed by atoms with van der Waals surface area (Å²) in [5.74, 6) is 0.677. The summed E-state index contributed by atoms with van der Waals surface area (Å²) in [5, 5.41) is 13.9. The number of carbonyl (C=O) groups excluding carboxylic acids is 1. The monoisotopic (exact) mass is 465 g/mol. The van der Waals surface area contributed by atoms with Crippen molar-refractivity contribution in [1.82, 2.24) is 5.32 Å². The first-order chi connectivity index (χ1) is 16.1. The third kappa shape index (κ3) is 12.4. The van der Waals surface area contributed by atoms with Gasteiger partial charge in [0, 0.05) is 19.1 Å². The molecule has 0 amide bonds. The lowest BCUT2D eigenvalue weighted by Gasteiger charge is -2.26. The lowest BCUT2D eigenvalue weighted by Crippen LogP contribution is -2.38. The van der Waals surface area contributed by atoms with Crippen LogP contribution in [0.1, 0.15) is 69.8 Å². The summed E-state index contributed by atoms with van der Waals surface area (Å²) < 4.78 is 22.2. The first-order valence-electron chi connectivity index (χ1n) is 12.5. The van der Waals surface area contributed by atoms with Gasteiger partial charge < -0.3 is 29.4 Å². The number of rotatable bonds is 17. The van der Waals surface area contributed by atoms with Crippen LogP contribution in [0.15, 0.2) is 24.3 Å². The number of aliphatic hydroxyl groups is 1. The Morgan fingerprint density at radius 2 is 1.97 bits per heavy atom. The molecule has 0 aliphatic carbocycles. The van der Waals surface area contributed by atoms with Gasteiger partial charge >= 0.3 is 5.97 Å². The Kier molecular flexibility index (Phi) is 14.1. The van der Waals surface area contributed by atoms with Crippen LogP contribution in [0.3, 0.4) is 0 Å². The molecule has 33 heavy (non-hydrogen) atoms. The Balaban J connectivity index is 1.66. The van der Waals surface area contributed by atoms with E-state index in [0.717, 1.165) is 69.3 Å². The Labute approximate surface area is 199 Å². The molecule has 0 bridgehead atoms. The number of nitrogens with one attached hydrogen (secondary N) is 1. The molecule has 1 aliphatic heterocycles. The number of aryl methyl sites for hydroxylation is 1. The van der Waals surface area contributed by atoms with Crippen molar-refractivity contribution < 1.29 is 28.8 Å². The zero-order valence-corrected chi connectivity index (χ0v) is 20.4. The van der Waals surface area contributed by atoms with Gasteiger partial charge in [-0.1, -0.05) is 37.5 Å². The summed E-state index contributed by atoms with van der Waals surface area (Å²) in [6.07, 6.45) is 8.68. The minimum Gasteiger partial charge on any atom is -0.491 e. The van der Waals surface area contributed by atoms with Crippen molar-refractivity contribution in [3.05, 3.63) is 29.8 Å². The first kappa shape index (κ1) is 27.6. The van der Waals surface area contributed by atoms with E-state index in [-0.39, 0.29) is 24.9 Å². The highest BCUT2D eigenvalue weighted by molar-refractivity contribution is 5.68. The molecule has 3 unspecified atom stereocenters. The highest BCUT2D eigenvalue weighted by atomic mass is 16.7. The molecule has 1 fully saturated rings. The van der Waals surface area contributed by atoms with Gasteiger partial charge in [0.15, 0.2) is 6.29 Å². The molecule has 1 aromatic rings. The van der Waals surface area contributed by atoms with Gasteiger partial charge in [0.1, 0.15) is 12.4 Å². The van der Waals surface area contributed by atoms with Crippen LogP contribution in [0.25, 0.3) is 0 Å². The molecule has 3 atom stereocenters. The molecule has 2 rings (SSSR count). The van der Waals surface area contributed by atoms with Crippen molar-refractivity contribution in [2.45, 2.75) is 89.6 Å². The fourth-order valence-electron chi connectivity index (χ4n) is 3.87. The quantitative estimate of drug-likeness (QED) is 0.264. The van der Waals surface area contributed by atoms with Crippen molar-refractivity contribution in [2.75, 3.05) is 33.5 Å². The second-order valence-electron chi connectivity index (χ2n) is 8.83. The predicted molar refractivity (Wildman–Crippen MR) is 128 cm³/mol. The Bertz CT molecular complexity index is 649. The van der Waals surface area contributed by atoms with E-state index < -0.39 is 6.10 Å². The van der Waals surface area contributed by atoms with Crippen LogP contribution >= 0.6 is 0 Å². The number of ether oxygens (including phenoxy) is 4. The molecule has 7 nitrogen and oxygen atoms in total. The van der Waals surface area contributed by atoms with E-state index in [2.05, 4.69) is 10.1 Å². The average Bonchev–Trinajstić information content (AvgIpc) is 2.84. The summed E-state index contributed by atoms with van der Waals surface area (Å²) in [5.41, 5.74) is 1.07. The number of hydrogen-bond acceptors (Lipinski definition) is 7. The summed E-state index contributed by atoms with van der Waals surface area (Å²) in [7, 11) is 1.43. The van der Waals surface area contributed by atoms with Crippen LogP contribution in [0.4, 0.5) is 0 Å². The van der Waals surface area contributed by atoms with Crippen molar-refractivity contribution in [2.24, 2.45) is 0 Å². The molecular weight excluding hydrogens is 422 g/mol. The van der Waals surface area contributed by atoms with Gasteiger partial charge in [-0.2, -0.15) is 0 Å². The third-order valence-corrected chi connectivity index (χ3v) is 5.97. The van der Waals surface area contributed by atoms with Gasteiger partial charge in [-0.25, -0.2) is 0 Å². The molecule has 7 heteroatoms. The fraction of sp³-hybridized carbons (Fsp3) is 0.731. The zero-order chi connectivity index (χ0) is 23.7. The maximum absolute atomic E-state index is 11.2. The number of methoxy groups -OCH3 is 1. The number of benzene rings is 1. The average molecular weight is 466 g/mol. The van der Waals surface area contributed by atoms with Crippen LogP contribution in [0.2, 0.25) is 0 Å². The van der Waals surface area contributed by atoms with Crippen molar-refractivity contribution in [1.29, 1.82) is 0 Å². The van der Waals surface area contributed by atoms with Gasteiger partial charge in [0.25, 0.3) is 0 Å². The topological polar surface area (TPSA) is 86.3 Å². The van der Waals surface area contributed by atoms with Crippen LogP contribution in [0.5, 0.6) is 5.75 Å². The summed E-state index contributed by atoms with van der Waals surface area (Å²) >= 11 is 0. The third-order valence-electron chi connectivity index (χ3n) is 5.97. The molecule has 2 N–H and O–H groups in total. The minimum atomic E-state index is -0.529. The molecule has 0 aromatic heterocycles. The molecule has 188 valence electrons. The summed E-state index contributed by atoms with van der Waals surface area (Å²) in [4.78, 5) is 11.2. The van der Waals surface area contributed by atoms with E-state index in [0.29, 0.717) is 26.0 Å². The molecule has 1 aliphatic rings. The summed E-state index contributed by atoms with van der Waals surface area (Å²) in [6.45, 7) is 4.35. The number of esters is 1.